The SMILES string of the molecule is S=C(NCc1ccc2c(c1)OCO2)c1ccccc1OCc1ccc(Cl)cc1Cl. The van der Waals surface area contributed by atoms with Gasteiger partial charge in [-0.05, 0) is 42.0 Å². The van der Waals surface area contributed by atoms with E-state index in [0.29, 0.717) is 33.9 Å². The quantitative estimate of drug-likeness (QED) is 0.487. The van der Waals surface area contributed by atoms with Crippen molar-refractivity contribution in [3.63, 3.8) is 0 Å². The summed E-state index contributed by atoms with van der Waals surface area (Å²) in [6.07, 6.45) is 0. The molecule has 4 rings (SSSR count). The third-order valence-corrected chi connectivity index (χ3v) is 5.37. The van der Waals surface area contributed by atoms with E-state index in [-0.39, 0.29) is 6.79 Å². The van der Waals surface area contributed by atoms with Gasteiger partial charge in [-0.25, -0.2) is 0 Å². The molecule has 0 atom stereocenters. The van der Waals surface area contributed by atoms with Gasteiger partial charge in [-0.3, -0.25) is 0 Å². The van der Waals surface area contributed by atoms with E-state index >= 15 is 0 Å². The lowest BCUT2D eigenvalue weighted by Crippen LogP contribution is -2.22. The van der Waals surface area contributed by atoms with Crippen molar-refractivity contribution in [1.29, 1.82) is 0 Å². The third kappa shape index (κ3) is 4.75. The van der Waals surface area contributed by atoms with Gasteiger partial charge in [0.2, 0.25) is 6.79 Å². The fourth-order valence-corrected chi connectivity index (χ4v) is 3.61. The van der Waals surface area contributed by atoms with E-state index in [1.165, 1.54) is 0 Å². The molecule has 1 aliphatic heterocycles. The molecule has 0 saturated carbocycles. The van der Waals surface area contributed by atoms with Crippen LogP contribution in [0.15, 0.2) is 60.7 Å². The molecule has 29 heavy (non-hydrogen) atoms. The van der Waals surface area contributed by atoms with Gasteiger partial charge < -0.3 is 19.5 Å². The molecule has 148 valence electrons. The summed E-state index contributed by atoms with van der Waals surface area (Å²) in [7, 11) is 0. The summed E-state index contributed by atoms with van der Waals surface area (Å²) >= 11 is 17.8. The van der Waals surface area contributed by atoms with Gasteiger partial charge in [0.15, 0.2) is 11.5 Å². The highest BCUT2D eigenvalue weighted by atomic mass is 35.5. The lowest BCUT2D eigenvalue weighted by atomic mass is 10.1. The number of ether oxygens (including phenoxy) is 3. The first-order valence-electron chi connectivity index (χ1n) is 8.92. The maximum atomic E-state index is 6.23. The average Bonchev–Trinajstić information content (AvgIpc) is 3.19. The molecule has 7 heteroatoms. The minimum Gasteiger partial charge on any atom is -0.488 e. The summed E-state index contributed by atoms with van der Waals surface area (Å²) < 4.78 is 16.7. The Labute approximate surface area is 184 Å². The van der Waals surface area contributed by atoms with Gasteiger partial charge in [0, 0.05) is 22.2 Å². The molecule has 0 radical (unpaired) electrons. The number of benzene rings is 3. The van der Waals surface area contributed by atoms with Crippen LogP contribution in [-0.4, -0.2) is 11.8 Å². The molecule has 1 heterocycles. The normalized spacial score (nSPS) is 11.9. The van der Waals surface area contributed by atoms with Gasteiger partial charge in [-0.2, -0.15) is 0 Å². The molecule has 3 aromatic carbocycles. The monoisotopic (exact) mass is 445 g/mol. The predicted molar refractivity (Wildman–Crippen MR) is 118 cm³/mol. The van der Waals surface area contributed by atoms with Crippen LogP contribution in [0.1, 0.15) is 16.7 Å². The first-order valence-corrected chi connectivity index (χ1v) is 10.1. The Morgan fingerprint density at radius 2 is 1.83 bits per heavy atom. The molecule has 0 aliphatic carbocycles. The van der Waals surface area contributed by atoms with Gasteiger partial charge in [-0.1, -0.05) is 59.7 Å². The molecule has 0 bridgehead atoms. The summed E-state index contributed by atoms with van der Waals surface area (Å²) in [6, 6.07) is 18.8. The Morgan fingerprint density at radius 1 is 1.00 bits per heavy atom. The molecule has 1 aliphatic rings. The van der Waals surface area contributed by atoms with Gasteiger partial charge in [0.05, 0.1) is 5.56 Å². The van der Waals surface area contributed by atoms with Crippen LogP contribution in [0.5, 0.6) is 17.2 Å². The van der Waals surface area contributed by atoms with E-state index in [4.69, 9.17) is 49.6 Å². The Bertz CT molecular complexity index is 1060. The minimum absolute atomic E-state index is 0.257. The molecule has 4 nitrogen and oxygen atoms in total. The second-order valence-corrected chi connectivity index (χ2v) is 7.64. The van der Waals surface area contributed by atoms with Crippen LogP contribution in [-0.2, 0) is 13.2 Å². The fraction of sp³-hybridized carbons (Fsp3) is 0.136. The van der Waals surface area contributed by atoms with Crippen molar-refractivity contribution in [3.05, 3.63) is 87.4 Å². The van der Waals surface area contributed by atoms with Crippen LogP contribution in [0.4, 0.5) is 0 Å². The number of hydrogen-bond donors (Lipinski definition) is 1. The predicted octanol–water partition coefficient (Wildman–Crippen LogP) is 5.77. The van der Waals surface area contributed by atoms with Crippen LogP contribution in [0.25, 0.3) is 0 Å². The zero-order valence-electron chi connectivity index (χ0n) is 15.3. The van der Waals surface area contributed by atoms with Crippen molar-refractivity contribution >= 4 is 40.4 Å². The summed E-state index contributed by atoms with van der Waals surface area (Å²) in [5.74, 6) is 2.19. The summed E-state index contributed by atoms with van der Waals surface area (Å²) in [5.41, 5.74) is 2.71. The van der Waals surface area contributed by atoms with E-state index in [0.717, 1.165) is 28.2 Å². The van der Waals surface area contributed by atoms with Crippen LogP contribution >= 0.6 is 35.4 Å². The number of para-hydroxylation sites is 1. The summed E-state index contributed by atoms with van der Waals surface area (Å²) in [5, 5.41) is 4.43. The molecular weight excluding hydrogens is 429 g/mol. The fourth-order valence-electron chi connectivity index (χ4n) is 2.90. The number of fused-ring (bicyclic) bond motifs is 1. The molecule has 0 amide bonds. The van der Waals surface area contributed by atoms with E-state index in [2.05, 4.69) is 5.32 Å². The lowest BCUT2D eigenvalue weighted by molar-refractivity contribution is 0.174. The minimum atomic E-state index is 0.257. The molecular formula is C22H17Cl2NO3S. The first kappa shape index (κ1) is 19.8. The lowest BCUT2D eigenvalue weighted by Gasteiger charge is -2.14. The van der Waals surface area contributed by atoms with Crippen molar-refractivity contribution in [2.24, 2.45) is 0 Å². The zero-order valence-corrected chi connectivity index (χ0v) is 17.6. The number of hydrogen-bond acceptors (Lipinski definition) is 4. The van der Waals surface area contributed by atoms with Crippen molar-refractivity contribution in [2.75, 3.05) is 6.79 Å². The summed E-state index contributed by atoms with van der Waals surface area (Å²) in [4.78, 5) is 0.598. The highest BCUT2D eigenvalue weighted by molar-refractivity contribution is 7.80. The zero-order chi connectivity index (χ0) is 20.2. The highest BCUT2D eigenvalue weighted by Crippen LogP contribution is 2.32. The molecule has 0 fully saturated rings. The number of rotatable bonds is 6. The maximum absolute atomic E-state index is 6.23. The number of halogens is 2. The third-order valence-electron chi connectivity index (χ3n) is 4.42. The van der Waals surface area contributed by atoms with Crippen molar-refractivity contribution < 1.29 is 14.2 Å². The molecule has 0 saturated heterocycles. The first-order chi connectivity index (χ1) is 14.1. The van der Waals surface area contributed by atoms with Crippen molar-refractivity contribution in [1.82, 2.24) is 5.32 Å². The Kier molecular flexibility index (Phi) is 6.09. The van der Waals surface area contributed by atoms with Crippen LogP contribution in [0, 0.1) is 0 Å². The molecule has 0 spiro atoms. The highest BCUT2D eigenvalue weighted by Gasteiger charge is 2.14. The molecule has 0 aromatic heterocycles. The van der Waals surface area contributed by atoms with E-state index in [9.17, 15) is 0 Å². The van der Waals surface area contributed by atoms with Crippen LogP contribution in [0.2, 0.25) is 10.0 Å². The standard InChI is InChI=1S/C22H17Cl2NO3S/c23-16-7-6-15(18(24)10-16)12-26-19-4-2-1-3-17(19)22(29)25-11-14-5-8-20-21(9-14)28-13-27-20/h1-10H,11-13H2,(H,25,29). The molecule has 3 aromatic rings. The van der Waals surface area contributed by atoms with Crippen LogP contribution in [0.3, 0.4) is 0 Å². The van der Waals surface area contributed by atoms with Gasteiger partial charge in [-0.15, -0.1) is 0 Å². The summed E-state index contributed by atoms with van der Waals surface area (Å²) in [6.45, 7) is 1.14. The smallest absolute Gasteiger partial charge is 0.231 e. The average molecular weight is 446 g/mol. The number of nitrogens with one attached hydrogen (secondary N) is 1. The topological polar surface area (TPSA) is 39.7 Å². The van der Waals surface area contributed by atoms with E-state index in [1.807, 2.05) is 48.5 Å². The van der Waals surface area contributed by atoms with Crippen LogP contribution < -0.4 is 19.5 Å². The second kappa shape index (κ2) is 8.91. The maximum Gasteiger partial charge on any atom is 0.231 e. The van der Waals surface area contributed by atoms with Gasteiger partial charge >= 0.3 is 0 Å². The molecule has 1 N–H and O–H groups in total. The number of thiocarbonyl (C=S) groups is 1. The van der Waals surface area contributed by atoms with Crippen molar-refractivity contribution in [2.45, 2.75) is 13.2 Å². The van der Waals surface area contributed by atoms with E-state index < -0.39 is 0 Å². The Morgan fingerprint density at radius 3 is 2.69 bits per heavy atom. The van der Waals surface area contributed by atoms with Crippen molar-refractivity contribution in [3.8, 4) is 17.2 Å². The Hall–Kier alpha value is -2.47. The van der Waals surface area contributed by atoms with Gasteiger partial charge in [0.1, 0.15) is 17.3 Å². The Balaban J connectivity index is 1.42. The van der Waals surface area contributed by atoms with E-state index in [1.54, 1.807) is 12.1 Å². The van der Waals surface area contributed by atoms with Gasteiger partial charge in [0.25, 0.3) is 0 Å². The second-order valence-electron chi connectivity index (χ2n) is 6.39. The molecule has 0 unspecified atom stereocenters. The largest absolute Gasteiger partial charge is 0.488 e.